The Kier molecular flexibility index (Phi) is 3.60. The predicted molar refractivity (Wildman–Crippen MR) is 77.1 cm³/mol. The zero-order chi connectivity index (χ0) is 15.7. The third-order valence-electron chi connectivity index (χ3n) is 3.42. The molecule has 0 saturated heterocycles. The first-order valence-corrected chi connectivity index (χ1v) is 6.83. The highest BCUT2D eigenvalue weighted by molar-refractivity contribution is 5.95. The minimum absolute atomic E-state index is 0.260. The number of benzene rings is 1. The molecule has 0 amide bonds. The number of rotatable bonds is 3. The first-order valence-electron chi connectivity index (χ1n) is 6.83. The maximum Gasteiger partial charge on any atom is 0.416 e. The highest BCUT2D eigenvalue weighted by Crippen LogP contribution is 2.39. The Morgan fingerprint density at radius 3 is 2.77 bits per heavy atom. The summed E-state index contributed by atoms with van der Waals surface area (Å²) >= 11 is 0. The average molecular weight is 306 g/mol. The zero-order valence-corrected chi connectivity index (χ0v) is 11.8. The maximum atomic E-state index is 13.1. The molecule has 0 spiro atoms. The molecule has 0 saturated carbocycles. The predicted octanol–water partition coefficient (Wildman–Crippen LogP) is 4.10. The zero-order valence-electron chi connectivity index (χ0n) is 11.8. The van der Waals surface area contributed by atoms with Gasteiger partial charge in [0.15, 0.2) is 0 Å². The minimum Gasteiger partial charge on any atom is -0.478 e. The van der Waals surface area contributed by atoms with Crippen LogP contribution in [-0.2, 0) is 12.7 Å². The van der Waals surface area contributed by atoms with Crippen molar-refractivity contribution in [2.45, 2.75) is 19.6 Å². The molecule has 2 aromatic rings. The van der Waals surface area contributed by atoms with Gasteiger partial charge < -0.3 is 4.74 Å². The molecule has 22 heavy (non-hydrogen) atoms. The quantitative estimate of drug-likeness (QED) is 0.855. The van der Waals surface area contributed by atoms with Gasteiger partial charge in [0.25, 0.3) is 0 Å². The molecule has 1 aromatic heterocycles. The topological polar surface area (TPSA) is 34.5 Å². The Hall–Kier alpha value is -2.37. The van der Waals surface area contributed by atoms with Crippen LogP contribution in [0.15, 0.2) is 35.5 Å². The lowest BCUT2D eigenvalue weighted by Crippen LogP contribution is -2.07. The van der Waals surface area contributed by atoms with E-state index in [0.717, 1.165) is 12.1 Å². The average Bonchev–Trinajstić information content (AvgIpc) is 2.95. The molecule has 0 radical (unpaired) electrons. The molecule has 0 bridgehead atoms. The summed E-state index contributed by atoms with van der Waals surface area (Å²) in [5.41, 5.74) is 1.57. The molecule has 114 valence electrons. The van der Waals surface area contributed by atoms with Crippen molar-refractivity contribution in [1.29, 1.82) is 0 Å². The summed E-state index contributed by atoms with van der Waals surface area (Å²) < 4.78 is 44.8. The van der Waals surface area contributed by atoms with Gasteiger partial charge in [0.1, 0.15) is 0 Å². The standard InChI is InChI=1S/C16H13F3N2O/c1-2-22-15-12(4-3-5-21-15)13-7-11(16(17,18)19)6-10-8-20-9-14(10)13/h3-7,9H,2,8H2,1H3. The Bertz CT molecular complexity index is 739. The largest absolute Gasteiger partial charge is 0.478 e. The number of pyridine rings is 1. The summed E-state index contributed by atoms with van der Waals surface area (Å²) in [6, 6.07) is 5.68. The van der Waals surface area contributed by atoms with Gasteiger partial charge in [0.2, 0.25) is 5.88 Å². The Morgan fingerprint density at radius 2 is 2.05 bits per heavy atom. The fraction of sp³-hybridized carbons (Fsp3) is 0.250. The lowest BCUT2D eigenvalue weighted by molar-refractivity contribution is -0.137. The summed E-state index contributed by atoms with van der Waals surface area (Å²) in [5, 5.41) is 0. The lowest BCUT2D eigenvalue weighted by Gasteiger charge is -2.15. The van der Waals surface area contributed by atoms with Crippen LogP contribution in [-0.4, -0.2) is 17.8 Å². The van der Waals surface area contributed by atoms with Crippen LogP contribution in [0.3, 0.4) is 0 Å². The SMILES string of the molecule is CCOc1ncccc1-c1cc(C(F)(F)F)cc2c1C=NC2. The van der Waals surface area contributed by atoms with Crippen molar-refractivity contribution >= 4 is 6.21 Å². The molecular formula is C16H13F3N2O. The summed E-state index contributed by atoms with van der Waals surface area (Å²) in [4.78, 5) is 8.20. The number of halogens is 3. The molecule has 0 N–H and O–H groups in total. The van der Waals surface area contributed by atoms with Crippen molar-refractivity contribution in [3.63, 3.8) is 0 Å². The fourth-order valence-electron chi connectivity index (χ4n) is 2.47. The van der Waals surface area contributed by atoms with Gasteiger partial charge >= 0.3 is 6.18 Å². The summed E-state index contributed by atoms with van der Waals surface area (Å²) in [5.74, 6) is 0.326. The summed E-state index contributed by atoms with van der Waals surface area (Å²) in [6.07, 6.45) is -1.25. The van der Waals surface area contributed by atoms with Crippen LogP contribution in [0, 0.1) is 0 Å². The third-order valence-corrected chi connectivity index (χ3v) is 3.42. The van der Waals surface area contributed by atoms with E-state index in [4.69, 9.17) is 4.74 Å². The van der Waals surface area contributed by atoms with E-state index in [9.17, 15) is 13.2 Å². The van der Waals surface area contributed by atoms with Gasteiger partial charge in [-0.05, 0) is 42.3 Å². The molecule has 6 heteroatoms. The summed E-state index contributed by atoms with van der Waals surface area (Å²) in [6.45, 7) is 2.45. The molecule has 3 rings (SSSR count). The number of fused-ring (bicyclic) bond motifs is 1. The number of nitrogens with zero attached hydrogens (tertiary/aromatic N) is 2. The van der Waals surface area contributed by atoms with Crippen molar-refractivity contribution < 1.29 is 17.9 Å². The Morgan fingerprint density at radius 1 is 1.23 bits per heavy atom. The van der Waals surface area contributed by atoms with Crippen LogP contribution in [0.2, 0.25) is 0 Å². The van der Waals surface area contributed by atoms with E-state index >= 15 is 0 Å². The third kappa shape index (κ3) is 2.56. The molecule has 2 heterocycles. The van der Waals surface area contributed by atoms with Gasteiger partial charge in [-0.15, -0.1) is 0 Å². The molecule has 1 aliphatic rings. The maximum absolute atomic E-state index is 13.1. The van der Waals surface area contributed by atoms with Crippen LogP contribution in [0.25, 0.3) is 11.1 Å². The molecule has 1 aliphatic heterocycles. The lowest BCUT2D eigenvalue weighted by atomic mass is 9.94. The van der Waals surface area contributed by atoms with E-state index in [1.54, 1.807) is 31.5 Å². The van der Waals surface area contributed by atoms with Crippen molar-refractivity contribution in [2.24, 2.45) is 4.99 Å². The first kappa shape index (κ1) is 14.6. The fourth-order valence-corrected chi connectivity index (χ4v) is 2.47. The van der Waals surface area contributed by atoms with Crippen LogP contribution in [0.1, 0.15) is 23.6 Å². The van der Waals surface area contributed by atoms with Crippen LogP contribution < -0.4 is 4.74 Å². The van der Waals surface area contributed by atoms with E-state index < -0.39 is 11.7 Å². The molecule has 0 aliphatic carbocycles. The van der Waals surface area contributed by atoms with E-state index in [0.29, 0.717) is 34.7 Å². The highest BCUT2D eigenvalue weighted by atomic mass is 19.4. The van der Waals surface area contributed by atoms with Crippen molar-refractivity contribution in [3.05, 3.63) is 47.2 Å². The van der Waals surface area contributed by atoms with Crippen LogP contribution >= 0.6 is 0 Å². The van der Waals surface area contributed by atoms with E-state index in [-0.39, 0.29) is 6.54 Å². The van der Waals surface area contributed by atoms with Gasteiger partial charge in [-0.2, -0.15) is 13.2 Å². The first-order chi connectivity index (χ1) is 10.5. The van der Waals surface area contributed by atoms with Gasteiger partial charge in [0, 0.05) is 23.5 Å². The van der Waals surface area contributed by atoms with Crippen molar-refractivity contribution in [3.8, 4) is 17.0 Å². The number of hydrogen-bond donors (Lipinski definition) is 0. The molecule has 0 unspecified atom stereocenters. The normalized spacial score (nSPS) is 13.3. The monoisotopic (exact) mass is 306 g/mol. The van der Waals surface area contributed by atoms with E-state index in [2.05, 4.69) is 9.98 Å². The second-order valence-corrected chi connectivity index (χ2v) is 4.85. The van der Waals surface area contributed by atoms with Gasteiger partial charge in [-0.25, -0.2) is 4.98 Å². The molecule has 0 fully saturated rings. The number of aliphatic imine (C=N–C) groups is 1. The van der Waals surface area contributed by atoms with E-state index in [1.165, 1.54) is 0 Å². The smallest absolute Gasteiger partial charge is 0.416 e. The van der Waals surface area contributed by atoms with Gasteiger partial charge in [0.05, 0.1) is 18.7 Å². The second-order valence-electron chi connectivity index (χ2n) is 4.85. The summed E-state index contributed by atoms with van der Waals surface area (Å²) in [7, 11) is 0. The molecule has 1 aromatic carbocycles. The number of alkyl halides is 3. The van der Waals surface area contributed by atoms with Crippen molar-refractivity contribution in [1.82, 2.24) is 4.98 Å². The number of ether oxygens (including phenoxy) is 1. The minimum atomic E-state index is -4.40. The Balaban J connectivity index is 2.22. The molecule has 0 atom stereocenters. The number of hydrogen-bond acceptors (Lipinski definition) is 3. The van der Waals surface area contributed by atoms with E-state index in [1.807, 2.05) is 0 Å². The van der Waals surface area contributed by atoms with Crippen LogP contribution in [0.5, 0.6) is 5.88 Å². The second kappa shape index (κ2) is 5.44. The highest BCUT2D eigenvalue weighted by Gasteiger charge is 2.33. The van der Waals surface area contributed by atoms with Crippen molar-refractivity contribution in [2.75, 3.05) is 6.61 Å². The number of aromatic nitrogens is 1. The Labute approximate surface area is 125 Å². The molecular weight excluding hydrogens is 293 g/mol. The van der Waals surface area contributed by atoms with Gasteiger partial charge in [-0.3, -0.25) is 4.99 Å². The van der Waals surface area contributed by atoms with Crippen LogP contribution in [0.4, 0.5) is 13.2 Å². The molecule has 3 nitrogen and oxygen atoms in total. The van der Waals surface area contributed by atoms with Gasteiger partial charge in [-0.1, -0.05) is 0 Å².